The van der Waals surface area contributed by atoms with Gasteiger partial charge in [-0.3, -0.25) is 9.59 Å². The van der Waals surface area contributed by atoms with Gasteiger partial charge in [-0.2, -0.15) is 0 Å². The van der Waals surface area contributed by atoms with Gasteiger partial charge in [-0.15, -0.1) is 11.3 Å². The van der Waals surface area contributed by atoms with Crippen LogP contribution in [0.4, 0.5) is 15.8 Å². The first kappa shape index (κ1) is 20.3. The lowest BCUT2D eigenvalue weighted by atomic mass is 10.2. The van der Waals surface area contributed by atoms with E-state index < -0.39 is 0 Å². The second-order valence-corrected chi connectivity index (χ2v) is 7.22. The smallest absolute Gasteiger partial charge is 0.248 e. The molecule has 0 saturated heterocycles. The summed E-state index contributed by atoms with van der Waals surface area (Å²) in [5.41, 5.74) is 1.51. The number of amides is 2. The molecule has 1 aromatic heterocycles. The fourth-order valence-corrected chi connectivity index (χ4v) is 3.60. The molecule has 0 aliphatic rings. The lowest BCUT2D eigenvalue weighted by Gasteiger charge is -2.11. The summed E-state index contributed by atoms with van der Waals surface area (Å²) in [6.07, 6.45) is 3.05. The molecule has 2 N–H and O–H groups in total. The van der Waals surface area contributed by atoms with Crippen LogP contribution in [-0.2, 0) is 9.59 Å². The number of benzene rings is 2. The van der Waals surface area contributed by atoms with E-state index in [-0.39, 0.29) is 17.6 Å². The largest absolute Gasteiger partial charge is 0.495 e. The summed E-state index contributed by atoms with van der Waals surface area (Å²) in [5.74, 6) is -0.382. The third-order valence-electron chi connectivity index (χ3n) is 3.94. The number of anilines is 2. The normalized spacial score (nSPS) is 10.7. The van der Waals surface area contributed by atoms with Crippen molar-refractivity contribution in [2.45, 2.75) is 6.92 Å². The Balaban J connectivity index is 1.72. The first-order chi connectivity index (χ1) is 14.0. The zero-order valence-electron chi connectivity index (χ0n) is 15.9. The van der Waals surface area contributed by atoms with Gasteiger partial charge >= 0.3 is 0 Å². The molecular formula is C22H19FN2O3S. The summed E-state index contributed by atoms with van der Waals surface area (Å²) in [5, 5.41) is 5.39. The maximum absolute atomic E-state index is 13.9. The van der Waals surface area contributed by atoms with Gasteiger partial charge in [0.15, 0.2) is 0 Å². The molecule has 0 atom stereocenters. The molecule has 3 rings (SSSR count). The second kappa shape index (κ2) is 9.16. The van der Waals surface area contributed by atoms with Crippen molar-refractivity contribution in [1.82, 2.24) is 0 Å². The molecule has 0 unspecified atom stereocenters. The molecule has 3 aromatic rings. The van der Waals surface area contributed by atoms with E-state index in [1.807, 2.05) is 12.1 Å². The maximum atomic E-state index is 13.9. The van der Waals surface area contributed by atoms with Crippen molar-refractivity contribution in [2.75, 3.05) is 17.7 Å². The van der Waals surface area contributed by atoms with E-state index in [9.17, 15) is 14.0 Å². The molecule has 0 aliphatic heterocycles. The Morgan fingerprint density at radius 2 is 1.86 bits per heavy atom. The summed E-state index contributed by atoms with van der Waals surface area (Å²) >= 11 is 1.39. The van der Waals surface area contributed by atoms with Crippen LogP contribution in [0.5, 0.6) is 5.75 Å². The minimum Gasteiger partial charge on any atom is -0.495 e. The van der Waals surface area contributed by atoms with Gasteiger partial charge in [0.25, 0.3) is 0 Å². The molecular weight excluding hydrogens is 391 g/mol. The van der Waals surface area contributed by atoms with E-state index in [0.717, 1.165) is 9.75 Å². The van der Waals surface area contributed by atoms with Crippen molar-refractivity contribution in [3.63, 3.8) is 0 Å². The first-order valence-electron chi connectivity index (χ1n) is 8.75. The minimum absolute atomic E-state index is 0.212. The maximum Gasteiger partial charge on any atom is 0.248 e. The number of rotatable bonds is 6. The van der Waals surface area contributed by atoms with Crippen molar-refractivity contribution >= 4 is 40.6 Å². The first-order valence-corrected chi connectivity index (χ1v) is 9.57. The van der Waals surface area contributed by atoms with E-state index >= 15 is 0 Å². The van der Waals surface area contributed by atoms with E-state index in [4.69, 9.17) is 4.74 Å². The number of thiophene rings is 1. The van der Waals surface area contributed by atoms with Gasteiger partial charge in [0, 0.05) is 34.0 Å². The van der Waals surface area contributed by atoms with Crippen LogP contribution < -0.4 is 15.4 Å². The highest BCUT2D eigenvalue weighted by atomic mass is 32.1. The van der Waals surface area contributed by atoms with Gasteiger partial charge in [-0.05, 0) is 42.5 Å². The van der Waals surface area contributed by atoms with Crippen molar-refractivity contribution in [3.8, 4) is 16.2 Å². The summed E-state index contributed by atoms with van der Waals surface area (Å²) in [6.45, 7) is 1.40. The Morgan fingerprint density at radius 3 is 2.59 bits per heavy atom. The zero-order chi connectivity index (χ0) is 20.8. The third-order valence-corrected chi connectivity index (χ3v) is 5.03. The Hall–Kier alpha value is -3.45. The second-order valence-electron chi connectivity index (χ2n) is 6.10. The van der Waals surface area contributed by atoms with Crippen LogP contribution in [0.1, 0.15) is 11.8 Å². The predicted molar refractivity (Wildman–Crippen MR) is 115 cm³/mol. The minimum atomic E-state index is -0.357. The third kappa shape index (κ3) is 5.30. The molecule has 1 heterocycles. The van der Waals surface area contributed by atoms with Crippen LogP contribution in [0.25, 0.3) is 16.5 Å². The van der Waals surface area contributed by atoms with Crippen LogP contribution >= 0.6 is 11.3 Å². The molecule has 0 radical (unpaired) electrons. The van der Waals surface area contributed by atoms with Gasteiger partial charge in [0.05, 0.1) is 12.8 Å². The van der Waals surface area contributed by atoms with Gasteiger partial charge < -0.3 is 15.4 Å². The number of ether oxygens (including phenoxy) is 1. The van der Waals surface area contributed by atoms with Crippen LogP contribution in [0.2, 0.25) is 0 Å². The summed E-state index contributed by atoms with van der Waals surface area (Å²) < 4.78 is 19.2. The van der Waals surface area contributed by atoms with E-state index in [1.165, 1.54) is 37.5 Å². The molecule has 2 aromatic carbocycles. The average Bonchev–Trinajstić information content (AvgIpc) is 3.15. The number of carbonyl (C=O) groups excluding carboxylic acids is 2. The van der Waals surface area contributed by atoms with Gasteiger partial charge in [0.1, 0.15) is 11.6 Å². The number of carbonyl (C=O) groups is 2. The molecule has 0 aliphatic carbocycles. The molecule has 0 fully saturated rings. The predicted octanol–water partition coefficient (Wildman–Crippen LogP) is 5.17. The number of hydrogen-bond donors (Lipinski definition) is 2. The fraction of sp³-hybridized carbons (Fsp3) is 0.0909. The number of nitrogens with one attached hydrogen (secondary N) is 2. The lowest BCUT2D eigenvalue weighted by molar-refractivity contribution is -0.114. The van der Waals surface area contributed by atoms with E-state index in [2.05, 4.69) is 10.6 Å². The quantitative estimate of drug-likeness (QED) is 0.551. The Morgan fingerprint density at radius 1 is 1.07 bits per heavy atom. The Kier molecular flexibility index (Phi) is 6.41. The highest BCUT2D eigenvalue weighted by Gasteiger charge is 2.09. The van der Waals surface area contributed by atoms with Crippen LogP contribution in [0.3, 0.4) is 0 Å². The molecule has 5 nitrogen and oxygen atoms in total. The van der Waals surface area contributed by atoms with Crippen molar-refractivity contribution in [2.24, 2.45) is 0 Å². The highest BCUT2D eigenvalue weighted by Crippen LogP contribution is 2.31. The Bertz CT molecular complexity index is 1080. The molecule has 0 saturated carbocycles. The fourth-order valence-electron chi connectivity index (χ4n) is 2.67. The van der Waals surface area contributed by atoms with Gasteiger partial charge in [0.2, 0.25) is 11.8 Å². The number of hydrogen-bond acceptors (Lipinski definition) is 4. The molecule has 0 spiro atoms. The summed E-state index contributed by atoms with van der Waals surface area (Å²) in [7, 11) is 1.49. The van der Waals surface area contributed by atoms with Crippen molar-refractivity contribution < 1.29 is 18.7 Å². The van der Waals surface area contributed by atoms with E-state index in [0.29, 0.717) is 22.7 Å². The topological polar surface area (TPSA) is 67.4 Å². The molecule has 148 valence electrons. The lowest BCUT2D eigenvalue weighted by Crippen LogP contribution is -2.10. The standard InChI is InChI=1S/C22H19FN2O3S/c1-14(26)24-15-7-10-20(28-2)19(13-15)25-22(27)12-9-16-8-11-21(29-16)17-5-3-4-6-18(17)23/h3-13H,1-2H3,(H,24,26)(H,25,27)/b12-9+. The van der Waals surface area contributed by atoms with Crippen LogP contribution in [0.15, 0.2) is 60.7 Å². The molecule has 29 heavy (non-hydrogen) atoms. The highest BCUT2D eigenvalue weighted by molar-refractivity contribution is 7.16. The molecule has 7 heteroatoms. The Labute approximate surface area is 171 Å². The van der Waals surface area contributed by atoms with E-state index in [1.54, 1.807) is 42.5 Å². The SMILES string of the molecule is COc1ccc(NC(C)=O)cc1NC(=O)/C=C/c1ccc(-c2ccccc2F)s1. The number of halogens is 1. The van der Waals surface area contributed by atoms with Gasteiger partial charge in [-0.1, -0.05) is 18.2 Å². The average molecular weight is 410 g/mol. The van der Waals surface area contributed by atoms with Gasteiger partial charge in [-0.25, -0.2) is 4.39 Å². The van der Waals surface area contributed by atoms with Crippen LogP contribution in [0, 0.1) is 5.82 Å². The molecule has 2 amide bonds. The van der Waals surface area contributed by atoms with Crippen molar-refractivity contribution in [3.05, 3.63) is 71.4 Å². The molecule has 0 bridgehead atoms. The summed E-state index contributed by atoms with van der Waals surface area (Å²) in [6, 6.07) is 15.2. The number of methoxy groups -OCH3 is 1. The van der Waals surface area contributed by atoms with Crippen LogP contribution in [-0.4, -0.2) is 18.9 Å². The summed E-state index contributed by atoms with van der Waals surface area (Å²) in [4.78, 5) is 25.1. The van der Waals surface area contributed by atoms with Crippen molar-refractivity contribution in [1.29, 1.82) is 0 Å². The monoisotopic (exact) mass is 410 g/mol. The zero-order valence-corrected chi connectivity index (χ0v) is 16.7.